The van der Waals surface area contributed by atoms with Crippen molar-refractivity contribution >= 4 is 17.2 Å². The standard InChI is InChI=1S/C21H21FN2O4S/c1-14-23-16(13-29-14)11-26-18-8-9-24(10-18)21(25)20-7-6-19(28-20)12-27-17-4-2-15(22)3-5-17/h2-7,13,18H,8-12H2,1H3/t18-/m1/s1. The minimum absolute atomic E-state index is 0.00259. The van der Waals surface area contributed by atoms with E-state index in [2.05, 4.69) is 4.98 Å². The van der Waals surface area contributed by atoms with Gasteiger partial charge in [-0.1, -0.05) is 0 Å². The third-order valence-electron chi connectivity index (χ3n) is 4.63. The van der Waals surface area contributed by atoms with Crippen LogP contribution in [0.5, 0.6) is 5.75 Å². The maximum atomic E-state index is 12.9. The molecule has 0 bridgehead atoms. The van der Waals surface area contributed by atoms with Crippen molar-refractivity contribution in [3.8, 4) is 5.75 Å². The fraction of sp³-hybridized carbons (Fsp3) is 0.333. The minimum Gasteiger partial charge on any atom is -0.486 e. The highest BCUT2D eigenvalue weighted by Crippen LogP contribution is 2.20. The zero-order valence-electron chi connectivity index (χ0n) is 16.0. The van der Waals surface area contributed by atoms with Gasteiger partial charge in [-0.05, 0) is 49.7 Å². The van der Waals surface area contributed by atoms with Crippen molar-refractivity contribution < 1.29 is 23.1 Å². The average Bonchev–Trinajstić information content (AvgIpc) is 3.46. The summed E-state index contributed by atoms with van der Waals surface area (Å²) < 4.78 is 30.0. The lowest BCUT2D eigenvalue weighted by Crippen LogP contribution is -2.29. The molecule has 0 radical (unpaired) electrons. The van der Waals surface area contributed by atoms with Gasteiger partial charge in [0.05, 0.1) is 23.4 Å². The van der Waals surface area contributed by atoms with Gasteiger partial charge in [0.2, 0.25) is 0 Å². The van der Waals surface area contributed by atoms with Gasteiger partial charge < -0.3 is 18.8 Å². The van der Waals surface area contributed by atoms with Crippen molar-refractivity contribution in [2.24, 2.45) is 0 Å². The lowest BCUT2D eigenvalue weighted by Gasteiger charge is -2.15. The normalized spacial score (nSPS) is 16.3. The molecule has 0 unspecified atom stereocenters. The number of hydrogen-bond donors (Lipinski definition) is 0. The second-order valence-corrected chi connectivity index (χ2v) is 7.90. The third kappa shape index (κ3) is 5.02. The van der Waals surface area contributed by atoms with E-state index in [0.29, 0.717) is 31.2 Å². The summed E-state index contributed by atoms with van der Waals surface area (Å²) in [4.78, 5) is 18.8. The maximum Gasteiger partial charge on any atom is 0.289 e. The number of hydrogen-bond acceptors (Lipinski definition) is 6. The second kappa shape index (κ2) is 8.75. The molecule has 1 aliphatic heterocycles. The highest BCUT2D eigenvalue weighted by molar-refractivity contribution is 7.09. The van der Waals surface area contributed by atoms with Crippen molar-refractivity contribution in [3.63, 3.8) is 0 Å². The first-order valence-electron chi connectivity index (χ1n) is 9.36. The molecule has 1 aromatic carbocycles. The lowest BCUT2D eigenvalue weighted by atomic mass is 10.3. The Morgan fingerprint density at radius 3 is 2.86 bits per heavy atom. The molecule has 1 aliphatic rings. The smallest absolute Gasteiger partial charge is 0.289 e. The fourth-order valence-corrected chi connectivity index (χ4v) is 3.74. The Hall–Kier alpha value is -2.71. The van der Waals surface area contributed by atoms with Crippen LogP contribution in [0.25, 0.3) is 0 Å². The van der Waals surface area contributed by atoms with E-state index in [1.165, 1.54) is 12.1 Å². The Kier molecular flexibility index (Phi) is 5.92. The van der Waals surface area contributed by atoms with E-state index in [1.807, 2.05) is 12.3 Å². The van der Waals surface area contributed by atoms with Crippen molar-refractivity contribution in [1.29, 1.82) is 0 Å². The van der Waals surface area contributed by atoms with Crippen molar-refractivity contribution in [3.05, 3.63) is 69.8 Å². The Morgan fingerprint density at radius 1 is 1.28 bits per heavy atom. The van der Waals surface area contributed by atoms with Crippen molar-refractivity contribution in [2.75, 3.05) is 13.1 Å². The quantitative estimate of drug-likeness (QED) is 0.578. The predicted octanol–water partition coefficient (Wildman–Crippen LogP) is 4.19. The Balaban J connectivity index is 1.27. The van der Waals surface area contributed by atoms with Gasteiger partial charge in [0.15, 0.2) is 5.76 Å². The van der Waals surface area contributed by atoms with Crippen LogP contribution in [0.3, 0.4) is 0 Å². The van der Waals surface area contributed by atoms with E-state index < -0.39 is 0 Å². The van der Waals surface area contributed by atoms with Gasteiger partial charge in [-0.25, -0.2) is 9.37 Å². The molecule has 8 heteroatoms. The van der Waals surface area contributed by atoms with Crippen LogP contribution in [0.15, 0.2) is 46.2 Å². The number of ether oxygens (including phenoxy) is 2. The van der Waals surface area contributed by atoms with Crippen LogP contribution in [0.1, 0.15) is 33.4 Å². The zero-order valence-corrected chi connectivity index (χ0v) is 16.8. The Bertz CT molecular complexity index is 969. The van der Waals surface area contributed by atoms with Crippen LogP contribution in [-0.4, -0.2) is 35.0 Å². The second-order valence-electron chi connectivity index (χ2n) is 6.84. The molecular weight excluding hydrogens is 395 g/mol. The number of aryl methyl sites for hydroxylation is 1. The van der Waals surface area contributed by atoms with E-state index in [9.17, 15) is 9.18 Å². The molecule has 0 spiro atoms. The molecule has 1 fully saturated rings. The largest absolute Gasteiger partial charge is 0.486 e. The van der Waals surface area contributed by atoms with E-state index >= 15 is 0 Å². The zero-order chi connectivity index (χ0) is 20.2. The van der Waals surface area contributed by atoms with Crippen LogP contribution in [0.2, 0.25) is 0 Å². The van der Waals surface area contributed by atoms with Crippen LogP contribution in [-0.2, 0) is 18.0 Å². The molecule has 29 heavy (non-hydrogen) atoms. The average molecular weight is 416 g/mol. The number of nitrogens with zero attached hydrogens (tertiary/aromatic N) is 2. The topological polar surface area (TPSA) is 64.8 Å². The molecule has 1 atom stereocenters. The number of amides is 1. The number of halogens is 1. The number of furan rings is 1. The van der Waals surface area contributed by atoms with Gasteiger partial charge in [0.25, 0.3) is 5.91 Å². The fourth-order valence-electron chi connectivity index (χ4n) is 3.14. The van der Waals surface area contributed by atoms with Gasteiger partial charge >= 0.3 is 0 Å². The van der Waals surface area contributed by atoms with Crippen molar-refractivity contribution in [1.82, 2.24) is 9.88 Å². The van der Waals surface area contributed by atoms with E-state index in [0.717, 1.165) is 17.1 Å². The van der Waals surface area contributed by atoms with Crippen LogP contribution in [0, 0.1) is 12.7 Å². The monoisotopic (exact) mass is 416 g/mol. The third-order valence-corrected chi connectivity index (χ3v) is 5.46. The Morgan fingerprint density at radius 2 is 2.10 bits per heavy atom. The van der Waals surface area contributed by atoms with Crippen LogP contribution >= 0.6 is 11.3 Å². The molecule has 152 valence electrons. The van der Waals surface area contributed by atoms with Gasteiger partial charge in [-0.15, -0.1) is 11.3 Å². The predicted molar refractivity (Wildman–Crippen MR) is 105 cm³/mol. The number of aromatic nitrogens is 1. The summed E-state index contributed by atoms with van der Waals surface area (Å²) in [7, 11) is 0. The van der Waals surface area contributed by atoms with E-state index in [4.69, 9.17) is 13.9 Å². The first-order chi connectivity index (χ1) is 14.1. The summed E-state index contributed by atoms with van der Waals surface area (Å²) in [5.74, 6) is 0.860. The number of benzene rings is 1. The Labute approximate surface area is 171 Å². The van der Waals surface area contributed by atoms with Gasteiger partial charge in [0, 0.05) is 18.5 Å². The number of thiazole rings is 1. The summed E-state index contributed by atoms with van der Waals surface area (Å²) >= 11 is 1.60. The first kappa shape index (κ1) is 19.6. The summed E-state index contributed by atoms with van der Waals surface area (Å²) in [6.07, 6.45) is 0.785. The summed E-state index contributed by atoms with van der Waals surface area (Å²) in [6.45, 7) is 3.75. The van der Waals surface area contributed by atoms with E-state index in [-0.39, 0.29) is 30.2 Å². The van der Waals surface area contributed by atoms with E-state index in [1.54, 1.807) is 40.5 Å². The summed E-state index contributed by atoms with van der Waals surface area (Å²) in [5.41, 5.74) is 0.925. The number of carbonyl (C=O) groups is 1. The SMILES string of the molecule is Cc1nc(CO[C@@H]2CCN(C(=O)c3ccc(COc4ccc(F)cc4)o3)C2)cs1. The molecule has 1 saturated heterocycles. The number of carbonyl (C=O) groups excluding carboxylic acids is 1. The highest BCUT2D eigenvalue weighted by Gasteiger charge is 2.29. The lowest BCUT2D eigenvalue weighted by molar-refractivity contribution is 0.0416. The molecule has 0 aliphatic carbocycles. The van der Waals surface area contributed by atoms with Crippen LogP contribution < -0.4 is 4.74 Å². The van der Waals surface area contributed by atoms with Crippen LogP contribution in [0.4, 0.5) is 4.39 Å². The number of rotatable bonds is 7. The van der Waals surface area contributed by atoms with Gasteiger partial charge in [0.1, 0.15) is 23.9 Å². The molecule has 3 aromatic rings. The molecule has 0 saturated carbocycles. The molecule has 4 rings (SSSR count). The summed E-state index contributed by atoms with van der Waals surface area (Å²) in [6, 6.07) is 9.11. The molecule has 6 nitrogen and oxygen atoms in total. The maximum absolute atomic E-state index is 12.9. The van der Waals surface area contributed by atoms with Crippen molar-refractivity contribution in [2.45, 2.75) is 32.7 Å². The first-order valence-corrected chi connectivity index (χ1v) is 10.2. The summed E-state index contributed by atoms with van der Waals surface area (Å²) in [5, 5.41) is 3.01. The molecular formula is C21H21FN2O4S. The minimum atomic E-state index is -0.321. The molecule has 0 N–H and O–H groups in total. The molecule has 2 aromatic heterocycles. The highest BCUT2D eigenvalue weighted by atomic mass is 32.1. The van der Waals surface area contributed by atoms with Gasteiger partial charge in [-0.2, -0.15) is 0 Å². The number of likely N-dealkylation sites (tertiary alicyclic amines) is 1. The van der Waals surface area contributed by atoms with Gasteiger partial charge in [-0.3, -0.25) is 4.79 Å². The molecule has 3 heterocycles. The molecule has 1 amide bonds.